The van der Waals surface area contributed by atoms with Crippen LogP contribution in [0.4, 0.5) is 10.5 Å². The van der Waals surface area contributed by atoms with E-state index in [1.165, 1.54) is 0 Å². The number of aliphatic carboxylic acids is 1. The topological polar surface area (TPSA) is 122 Å². The molecule has 1 rings (SSSR count). The first-order valence-electron chi connectivity index (χ1n) is 6.57. The molecule has 0 radical (unpaired) electrons. The van der Waals surface area contributed by atoms with Crippen LogP contribution in [0.1, 0.15) is 36.5 Å². The lowest BCUT2D eigenvalue weighted by atomic mass is 10.1. The molecule has 0 spiro atoms. The maximum atomic E-state index is 11.9. The highest BCUT2D eigenvalue weighted by Gasteiger charge is 2.10. The molecule has 7 heteroatoms. The van der Waals surface area contributed by atoms with Gasteiger partial charge in [-0.05, 0) is 44.0 Å². The van der Waals surface area contributed by atoms with E-state index in [4.69, 9.17) is 10.8 Å². The summed E-state index contributed by atoms with van der Waals surface area (Å²) >= 11 is 0. The van der Waals surface area contributed by atoms with Crippen molar-refractivity contribution in [3.8, 4) is 0 Å². The smallest absolute Gasteiger partial charge is 0.316 e. The SMILES string of the molecule is CC(CCCC(=O)O)NC(=O)c1ccc(NC(N)=O)cc1. The molecule has 0 saturated carbocycles. The van der Waals surface area contributed by atoms with Gasteiger partial charge >= 0.3 is 12.0 Å². The van der Waals surface area contributed by atoms with E-state index in [1.54, 1.807) is 24.3 Å². The number of carboxylic acid groups (broad SMARTS) is 1. The lowest BCUT2D eigenvalue weighted by Crippen LogP contribution is -2.32. The average molecular weight is 293 g/mol. The number of hydrogen-bond acceptors (Lipinski definition) is 3. The molecule has 1 aromatic carbocycles. The quantitative estimate of drug-likeness (QED) is 0.609. The van der Waals surface area contributed by atoms with E-state index in [0.717, 1.165) is 0 Å². The molecular weight excluding hydrogens is 274 g/mol. The highest BCUT2D eigenvalue weighted by Crippen LogP contribution is 2.10. The lowest BCUT2D eigenvalue weighted by molar-refractivity contribution is -0.137. The van der Waals surface area contributed by atoms with Gasteiger partial charge in [-0.15, -0.1) is 0 Å². The molecule has 0 aliphatic carbocycles. The summed E-state index contributed by atoms with van der Waals surface area (Å²) < 4.78 is 0. The van der Waals surface area contributed by atoms with Gasteiger partial charge in [0.25, 0.3) is 5.91 Å². The molecule has 114 valence electrons. The van der Waals surface area contributed by atoms with Crippen molar-refractivity contribution < 1.29 is 19.5 Å². The third-order valence-corrected chi connectivity index (χ3v) is 2.82. The number of carbonyl (C=O) groups excluding carboxylic acids is 2. The molecule has 0 heterocycles. The minimum absolute atomic E-state index is 0.0910. The van der Waals surface area contributed by atoms with E-state index in [2.05, 4.69) is 10.6 Å². The Balaban J connectivity index is 2.47. The Hall–Kier alpha value is -2.57. The maximum Gasteiger partial charge on any atom is 0.316 e. The molecule has 3 amide bonds. The maximum absolute atomic E-state index is 11.9. The zero-order valence-corrected chi connectivity index (χ0v) is 11.8. The molecule has 0 aliphatic rings. The van der Waals surface area contributed by atoms with Gasteiger partial charge in [-0.3, -0.25) is 9.59 Å². The van der Waals surface area contributed by atoms with Gasteiger partial charge in [-0.1, -0.05) is 0 Å². The summed E-state index contributed by atoms with van der Waals surface area (Å²) in [6, 6.07) is 5.53. The summed E-state index contributed by atoms with van der Waals surface area (Å²) in [4.78, 5) is 33.0. The van der Waals surface area contributed by atoms with Crippen molar-refractivity contribution in [3.63, 3.8) is 0 Å². The molecule has 0 aliphatic heterocycles. The van der Waals surface area contributed by atoms with Crippen LogP contribution in [0.2, 0.25) is 0 Å². The Morgan fingerprint density at radius 2 is 1.86 bits per heavy atom. The Kier molecular flexibility index (Phi) is 6.19. The summed E-state index contributed by atoms with van der Waals surface area (Å²) in [5.74, 6) is -1.09. The molecule has 0 bridgehead atoms. The van der Waals surface area contributed by atoms with E-state index < -0.39 is 12.0 Å². The van der Waals surface area contributed by atoms with Gasteiger partial charge in [0.1, 0.15) is 0 Å². The van der Waals surface area contributed by atoms with Crippen molar-refractivity contribution in [2.45, 2.75) is 32.2 Å². The Morgan fingerprint density at radius 3 is 2.38 bits per heavy atom. The second-order valence-corrected chi connectivity index (χ2v) is 4.73. The highest BCUT2D eigenvalue weighted by atomic mass is 16.4. The Morgan fingerprint density at radius 1 is 1.24 bits per heavy atom. The van der Waals surface area contributed by atoms with E-state index in [0.29, 0.717) is 24.1 Å². The van der Waals surface area contributed by atoms with Crippen molar-refractivity contribution in [1.82, 2.24) is 5.32 Å². The van der Waals surface area contributed by atoms with Crippen LogP contribution in [0.25, 0.3) is 0 Å². The number of hydrogen-bond donors (Lipinski definition) is 4. The minimum atomic E-state index is -0.842. The van der Waals surface area contributed by atoms with Crippen LogP contribution in [0.5, 0.6) is 0 Å². The number of rotatable bonds is 7. The number of anilines is 1. The number of urea groups is 1. The largest absolute Gasteiger partial charge is 0.481 e. The Labute approximate surface area is 122 Å². The minimum Gasteiger partial charge on any atom is -0.481 e. The van der Waals surface area contributed by atoms with Crippen LogP contribution in [-0.2, 0) is 4.79 Å². The fraction of sp³-hybridized carbons (Fsp3) is 0.357. The van der Waals surface area contributed by atoms with Gasteiger partial charge in [0.05, 0.1) is 0 Å². The second kappa shape index (κ2) is 7.88. The molecule has 21 heavy (non-hydrogen) atoms. The van der Waals surface area contributed by atoms with Crippen LogP contribution in [0, 0.1) is 0 Å². The van der Waals surface area contributed by atoms with E-state index in [-0.39, 0.29) is 18.4 Å². The van der Waals surface area contributed by atoms with Gasteiger partial charge < -0.3 is 21.5 Å². The van der Waals surface area contributed by atoms with E-state index in [1.807, 2.05) is 6.92 Å². The first-order valence-corrected chi connectivity index (χ1v) is 6.57. The van der Waals surface area contributed by atoms with E-state index in [9.17, 15) is 14.4 Å². The molecule has 5 N–H and O–H groups in total. The average Bonchev–Trinajstić information content (AvgIpc) is 2.38. The normalized spacial score (nSPS) is 11.5. The van der Waals surface area contributed by atoms with Crippen LogP contribution < -0.4 is 16.4 Å². The lowest BCUT2D eigenvalue weighted by Gasteiger charge is -2.13. The standard InChI is InChI=1S/C14H19N3O4/c1-9(3-2-4-12(18)19)16-13(20)10-5-7-11(8-6-10)17-14(15)21/h5-9H,2-4H2,1H3,(H,16,20)(H,18,19)(H3,15,17,21). The van der Waals surface area contributed by atoms with Crippen LogP contribution in [0.3, 0.4) is 0 Å². The third-order valence-electron chi connectivity index (χ3n) is 2.82. The van der Waals surface area contributed by atoms with Gasteiger partial charge in [0.15, 0.2) is 0 Å². The number of carboxylic acids is 1. The molecule has 7 nitrogen and oxygen atoms in total. The van der Waals surface area contributed by atoms with Crippen LogP contribution in [-0.4, -0.2) is 29.1 Å². The number of amides is 3. The summed E-state index contributed by atoms with van der Waals surface area (Å²) in [5.41, 5.74) is 5.95. The molecule has 1 unspecified atom stereocenters. The highest BCUT2D eigenvalue weighted by molar-refractivity contribution is 5.95. The number of primary amides is 1. The molecule has 0 aromatic heterocycles. The first kappa shape index (κ1) is 16.5. The number of benzene rings is 1. The van der Waals surface area contributed by atoms with Gasteiger partial charge in [-0.2, -0.15) is 0 Å². The Bertz CT molecular complexity index is 513. The van der Waals surface area contributed by atoms with Crippen LogP contribution in [0.15, 0.2) is 24.3 Å². The predicted octanol–water partition coefficient (Wildman–Crippen LogP) is 1.55. The molecular formula is C14H19N3O4. The summed E-state index contributed by atoms with van der Waals surface area (Å²) in [7, 11) is 0. The van der Waals surface area contributed by atoms with Crippen molar-refractivity contribution in [3.05, 3.63) is 29.8 Å². The van der Waals surface area contributed by atoms with Gasteiger partial charge in [0, 0.05) is 23.7 Å². The predicted molar refractivity (Wildman–Crippen MR) is 78.1 cm³/mol. The summed E-state index contributed by atoms with van der Waals surface area (Å²) in [5, 5.41) is 13.7. The number of nitrogens with one attached hydrogen (secondary N) is 2. The fourth-order valence-corrected chi connectivity index (χ4v) is 1.79. The summed E-state index contributed by atoms with van der Waals surface area (Å²) in [6.45, 7) is 1.82. The van der Waals surface area contributed by atoms with Gasteiger partial charge in [0.2, 0.25) is 0 Å². The fourth-order valence-electron chi connectivity index (χ4n) is 1.79. The molecule has 0 fully saturated rings. The molecule has 1 atom stereocenters. The molecule has 0 saturated heterocycles. The molecule has 1 aromatic rings. The monoisotopic (exact) mass is 293 g/mol. The van der Waals surface area contributed by atoms with Crippen molar-refractivity contribution in [2.75, 3.05) is 5.32 Å². The van der Waals surface area contributed by atoms with Gasteiger partial charge in [-0.25, -0.2) is 4.79 Å². The second-order valence-electron chi connectivity index (χ2n) is 4.73. The zero-order valence-electron chi connectivity index (χ0n) is 11.8. The van der Waals surface area contributed by atoms with Crippen molar-refractivity contribution in [1.29, 1.82) is 0 Å². The number of nitrogens with two attached hydrogens (primary N) is 1. The summed E-state index contributed by atoms with van der Waals surface area (Å²) in [6.07, 6.45) is 1.20. The number of carbonyl (C=O) groups is 3. The zero-order chi connectivity index (χ0) is 15.8. The van der Waals surface area contributed by atoms with Crippen LogP contribution >= 0.6 is 0 Å². The third kappa shape index (κ3) is 6.42. The van der Waals surface area contributed by atoms with Crippen molar-refractivity contribution >= 4 is 23.6 Å². The first-order chi connectivity index (χ1) is 9.88. The van der Waals surface area contributed by atoms with Crippen molar-refractivity contribution in [2.24, 2.45) is 5.73 Å². The van der Waals surface area contributed by atoms with E-state index >= 15 is 0 Å².